The SMILES string of the molecule is NN(NC=S)C(=O)C(F)(F)F. The minimum atomic E-state index is -4.99. The lowest BCUT2D eigenvalue weighted by Gasteiger charge is -2.15. The normalized spacial score (nSPS) is 10.5. The standard InChI is InChI=1S/C3H4F3N3OS/c4-3(5,6)2(10)9(7)8-1-11/h1H,7H2,(H,8,11). The Bertz CT molecular complexity index is 170. The highest BCUT2D eigenvalue weighted by molar-refractivity contribution is 7.78. The van der Waals surface area contributed by atoms with Crippen LogP contribution in [0.3, 0.4) is 0 Å². The van der Waals surface area contributed by atoms with Crippen molar-refractivity contribution in [3.05, 3.63) is 0 Å². The van der Waals surface area contributed by atoms with Crippen LogP contribution in [-0.2, 0) is 4.79 Å². The van der Waals surface area contributed by atoms with Gasteiger partial charge in [-0.05, 0) is 0 Å². The molecule has 0 atom stereocenters. The Kier molecular flexibility index (Phi) is 3.20. The molecule has 0 aromatic rings. The number of carbonyl (C=O) groups is 1. The van der Waals surface area contributed by atoms with Crippen LogP contribution in [0.4, 0.5) is 13.2 Å². The van der Waals surface area contributed by atoms with Gasteiger partial charge in [0.15, 0.2) is 0 Å². The third kappa shape index (κ3) is 3.14. The molecule has 4 nitrogen and oxygen atoms in total. The van der Waals surface area contributed by atoms with Gasteiger partial charge in [0.2, 0.25) is 0 Å². The Morgan fingerprint density at radius 1 is 1.64 bits per heavy atom. The predicted molar refractivity (Wildman–Crippen MR) is 33.9 cm³/mol. The van der Waals surface area contributed by atoms with Gasteiger partial charge in [0, 0.05) is 0 Å². The van der Waals surface area contributed by atoms with Crippen molar-refractivity contribution >= 4 is 23.6 Å². The average Bonchev–Trinajstić information content (AvgIpc) is 1.85. The number of carbonyl (C=O) groups excluding carboxylic acids is 1. The number of thiocarbonyl (C=S) groups is 1. The lowest BCUT2D eigenvalue weighted by molar-refractivity contribution is -0.187. The molecule has 0 heterocycles. The van der Waals surface area contributed by atoms with Crippen molar-refractivity contribution in [3.8, 4) is 0 Å². The van der Waals surface area contributed by atoms with E-state index < -0.39 is 12.1 Å². The molecule has 0 spiro atoms. The second-order valence-electron chi connectivity index (χ2n) is 1.42. The highest BCUT2D eigenvalue weighted by atomic mass is 32.1. The highest BCUT2D eigenvalue weighted by Gasteiger charge is 2.42. The summed E-state index contributed by atoms with van der Waals surface area (Å²) >= 11 is 4.09. The minimum Gasteiger partial charge on any atom is -0.278 e. The van der Waals surface area contributed by atoms with E-state index >= 15 is 0 Å². The maximum atomic E-state index is 11.5. The topological polar surface area (TPSA) is 58.4 Å². The number of hydrogen-bond donors (Lipinski definition) is 2. The monoisotopic (exact) mass is 187 g/mol. The van der Waals surface area contributed by atoms with Crippen molar-refractivity contribution in [2.24, 2.45) is 5.84 Å². The number of alkyl halides is 3. The van der Waals surface area contributed by atoms with Gasteiger partial charge in [-0.3, -0.25) is 10.2 Å². The first-order valence-corrected chi connectivity index (χ1v) is 2.72. The largest absolute Gasteiger partial charge is 0.474 e. The Balaban J connectivity index is 4.13. The first-order chi connectivity index (χ1) is 4.89. The maximum absolute atomic E-state index is 11.5. The number of halogens is 3. The van der Waals surface area contributed by atoms with Crippen molar-refractivity contribution < 1.29 is 18.0 Å². The molecule has 0 aliphatic rings. The lowest BCUT2D eigenvalue weighted by Crippen LogP contribution is -2.52. The molecule has 11 heavy (non-hydrogen) atoms. The number of nitrogens with zero attached hydrogens (tertiary/aromatic N) is 1. The molecule has 0 fully saturated rings. The fourth-order valence-corrected chi connectivity index (χ4v) is 0.366. The van der Waals surface area contributed by atoms with Crippen LogP contribution >= 0.6 is 12.2 Å². The van der Waals surface area contributed by atoms with E-state index in [2.05, 4.69) is 18.1 Å². The summed E-state index contributed by atoms with van der Waals surface area (Å²) in [6.07, 6.45) is -4.99. The summed E-state index contributed by atoms with van der Waals surface area (Å²) in [5, 5.41) is -0.243. The molecule has 0 aromatic carbocycles. The molecule has 0 aliphatic heterocycles. The van der Waals surface area contributed by atoms with Crippen LogP contribution in [0, 0.1) is 0 Å². The van der Waals surface area contributed by atoms with Gasteiger partial charge in [-0.25, -0.2) is 5.84 Å². The molecule has 64 valence electrons. The van der Waals surface area contributed by atoms with E-state index in [9.17, 15) is 18.0 Å². The zero-order valence-electron chi connectivity index (χ0n) is 5.05. The summed E-state index contributed by atoms with van der Waals surface area (Å²) in [6, 6.07) is 0. The smallest absolute Gasteiger partial charge is 0.278 e. The van der Waals surface area contributed by atoms with Crippen LogP contribution in [0.25, 0.3) is 0 Å². The average molecular weight is 187 g/mol. The molecule has 0 aromatic heterocycles. The summed E-state index contributed by atoms with van der Waals surface area (Å²) < 4.78 is 34.4. The Hall–Kier alpha value is -0.890. The zero-order chi connectivity index (χ0) is 9.07. The quantitative estimate of drug-likeness (QED) is 0.270. The van der Waals surface area contributed by atoms with E-state index in [0.717, 1.165) is 0 Å². The van der Waals surface area contributed by atoms with E-state index in [1.807, 2.05) is 0 Å². The van der Waals surface area contributed by atoms with E-state index in [1.54, 1.807) is 5.43 Å². The third-order valence-corrected chi connectivity index (χ3v) is 0.758. The fraction of sp³-hybridized carbons (Fsp3) is 0.333. The number of amides is 1. The molecule has 0 aliphatic carbocycles. The highest BCUT2D eigenvalue weighted by Crippen LogP contribution is 2.15. The second-order valence-corrected chi connectivity index (χ2v) is 1.66. The summed E-state index contributed by atoms with van der Waals surface area (Å²) in [4.78, 5) is 10.1. The molecule has 0 saturated heterocycles. The number of hydrazine groups is 2. The minimum absolute atomic E-state index is 0.243. The Labute approximate surface area is 65.1 Å². The third-order valence-electron chi connectivity index (χ3n) is 0.653. The fourth-order valence-electron chi connectivity index (χ4n) is 0.252. The summed E-state index contributed by atoms with van der Waals surface area (Å²) in [5.41, 5.74) is 2.37. The van der Waals surface area contributed by atoms with Gasteiger partial charge in [0.05, 0.1) is 5.49 Å². The van der Waals surface area contributed by atoms with Gasteiger partial charge < -0.3 is 0 Å². The molecular formula is C3H4F3N3OS. The van der Waals surface area contributed by atoms with Crippen molar-refractivity contribution in [2.75, 3.05) is 0 Å². The van der Waals surface area contributed by atoms with E-state index in [1.165, 1.54) is 0 Å². The van der Waals surface area contributed by atoms with Gasteiger partial charge in [0.1, 0.15) is 0 Å². The Morgan fingerprint density at radius 2 is 2.09 bits per heavy atom. The van der Waals surface area contributed by atoms with Crippen molar-refractivity contribution in [2.45, 2.75) is 6.18 Å². The van der Waals surface area contributed by atoms with E-state index in [-0.39, 0.29) is 5.12 Å². The molecule has 0 saturated carbocycles. The summed E-state index contributed by atoms with van der Waals surface area (Å²) in [6.45, 7) is 0. The zero-order valence-corrected chi connectivity index (χ0v) is 5.87. The maximum Gasteiger partial charge on any atom is 0.474 e. The van der Waals surface area contributed by atoms with Gasteiger partial charge in [-0.15, -0.1) is 0 Å². The molecule has 0 bridgehead atoms. The van der Waals surface area contributed by atoms with Gasteiger partial charge in [-0.2, -0.15) is 18.3 Å². The van der Waals surface area contributed by atoms with Crippen molar-refractivity contribution in [3.63, 3.8) is 0 Å². The van der Waals surface area contributed by atoms with Crippen LogP contribution < -0.4 is 11.3 Å². The van der Waals surface area contributed by atoms with Crippen LogP contribution in [0.15, 0.2) is 0 Å². The Morgan fingerprint density at radius 3 is 2.36 bits per heavy atom. The van der Waals surface area contributed by atoms with Crippen LogP contribution in [0.2, 0.25) is 0 Å². The molecule has 1 amide bonds. The number of nitrogens with one attached hydrogen (secondary N) is 1. The van der Waals surface area contributed by atoms with Crippen molar-refractivity contribution in [1.29, 1.82) is 0 Å². The second kappa shape index (κ2) is 3.49. The first kappa shape index (κ1) is 10.1. The lowest BCUT2D eigenvalue weighted by atomic mass is 10.6. The number of rotatable bonds is 2. The molecule has 0 rings (SSSR count). The molecule has 0 unspecified atom stereocenters. The van der Waals surface area contributed by atoms with Crippen LogP contribution in [-0.4, -0.2) is 22.7 Å². The van der Waals surface area contributed by atoms with E-state index in [4.69, 9.17) is 0 Å². The number of nitrogens with two attached hydrogens (primary N) is 1. The van der Waals surface area contributed by atoms with Crippen LogP contribution in [0.1, 0.15) is 0 Å². The van der Waals surface area contributed by atoms with Crippen molar-refractivity contribution in [1.82, 2.24) is 10.5 Å². The summed E-state index contributed by atoms with van der Waals surface area (Å²) in [7, 11) is 0. The predicted octanol–water partition coefficient (Wildman–Crippen LogP) is -0.287. The van der Waals surface area contributed by atoms with Gasteiger partial charge >= 0.3 is 12.1 Å². The summed E-state index contributed by atoms with van der Waals surface area (Å²) in [5.74, 6) is 2.36. The molecule has 8 heteroatoms. The first-order valence-electron chi connectivity index (χ1n) is 2.25. The molecular weight excluding hydrogens is 183 g/mol. The van der Waals surface area contributed by atoms with E-state index in [0.29, 0.717) is 5.49 Å². The number of hydrogen-bond acceptors (Lipinski definition) is 3. The van der Waals surface area contributed by atoms with Gasteiger partial charge in [-0.1, -0.05) is 12.2 Å². The molecule has 0 radical (unpaired) electrons. The van der Waals surface area contributed by atoms with Crippen LogP contribution in [0.5, 0.6) is 0 Å². The molecule has 3 N–H and O–H groups in total. The van der Waals surface area contributed by atoms with Gasteiger partial charge in [0.25, 0.3) is 0 Å².